The number of nitrogens with two attached hydrogens (primary N) is 1. The minimum Gasteiger partial charge on any atom is -0.463 e. The maximum atomic E-state index is 11.1. The standard InChI is InChI=1S/C10H15NO5/c1-15-10(14)8-3-2-7(16-8)9(13)6(12)4-5-11/h2-3,6,9,12-13H,4-5,11H2,1H3. The molecule has 0 aliphatic carbocycles. The molecule has 2 unspecified atom stereocenters. The van der Waals surface area contributed by atoms with Crippen LogP contribution in [0.1, 0.15) is 28.8 Å². The molecular formula is C10H15NO5. The highest BCUT2D eigenvalue weighted by molar-refractivity contribution is 5.86. The number of furan rings is 1. The topological polar surface area (TPSA) is 106 Å². The normalized spacial score (nSPS) is 14.5. The summed E-state index contributed by atoms with van der Waals surface area (Å²) in [6.07, 6.45) is -1.96. The Balaban J connectivity index is 2.73. The Labute approximate surface area is 92.6 Å². The van der Waals surface area contributed by atoms with Gasteiger partial charge in [-0.15, -0.1) is 0 Å². The molecule has 6 heteroatoms. The summed E-state index contributed by atoms with van der Waals surface area (Å²) >= 11 is 0. The Hall–Kier alpha value is -1.37. The lowest BCUT2D eigenvalue weighted by Gasteiger charge is -2.14. The summed E-state index contributed by atoms with van der Waals surface area (Å²) in [7, 11) is 1.23. The largest absolute Gasteiger partial charge is 0.463 e. The van der Waals surface area contributed by atoms with Crippen LogP contribution >= 0.6 is 0 Å². The number of esters is 1. The molecule has 1 aromatic rings. The lowest BCUT2D eigenvalue weighted by Crippen LogP contribution is -2.21. The zero-order chi connectivity index (χ0) is 12.1. The lowest BCUT2D eigenvalue weighted by atomic mass is 10.1. The Morgan fingerprint density at radius 1 is 1.56 bits per heavy atom. The van der Waals surface area contributed by atoms with E-state index in [9.17, 15) is 15.0 Å². The quantitative estimate of drug-likeness (QED) is 0.604. The van der Waals surface area contributed by atoms with E-state index in [4.69, 9.17) is 10.2 Å². The van der Waals surface area contributed by atoms with Gasteiger partial charge in [0.2, 0.25) is 5.76 Å². The first-order valence-corrected chi connectivity index (χ1v) is 4.84. The zero-order valence-corrected chi connectivity index (χ0v) is 8.92. The van der Waals surface area contributed by atoms with Gasteiger partial charge in [0.1, 0.15) is 11.9 Å². The van der Waals surface area contributed by atoms with Gasteiger partial charge < -0.3 is 25.1 Å². The van der Waals surface area contributed by atoms with Crippen molar-refractivity contribution in [2.75, 3.05) is 13.7 Å². The maximum absolute atomic E-state index is 11.1. The molecule has 0 saturated carbocycles. The third kappa shape index (κ3) is 2.82. The molecular weight excluding hydrogens is 214 g/mol. The van der Waals surface area contributed by atoms with Crippen molar-refractivity contribution in [1.29, 1.82) is 0 Å². The molecule has 4 N–H and O–H groups in total. The average molecular weight is 229 g/mol. The number of aliphatic hydroxyl groups excluding tert-OH is 2. The minimum atomic E-state index is -1.19. The maximum Gasteiger partial charge on any atom is 0.373 e. The van der Waals surface area contributed by atoms with Crippen molar-refractivity contribution >= 4 is 5.97 Å². The Kier molecular flexibility index (Phi) is 4.48. The summed E-state index contributed by atoms with van der Waals surface area (Å²) in [4.78, 5) is 11.1. The molecule has 90 valence electrons. The van der Waals surface area contributed by atoms with E-state index in [1.54, 1.807) is 0 Å². The summed E-state index contributed by atoms with van der Waals surface area (Å²) in [5.74, 6) is -0.537. The summed E-state index contributed by atoms with van der Waals surface area (Å²) in [6.45, 7) is 0.253. The van der Waals surface area contributed by atoms with Gasteiger partial charge in [0, 0.05) is 0 Å². The van der Waals surface area contributed by atoms with Gasteiger partial charge in [-0.05, 0) is 25.1 Å². The summed E-state index contributed by atoms with van der Waals surface area (Å²) in [5, 5.41) is 19.1. The van der Waals surface area contributed by atoms with Crippen molar-refractivity contribution in [1.82, 2.24) is 0 Å². The fraction of sp³-hybridized carbons (Fsp3) is 0.500. The van der Waals surface area contributed by atoms with Crippen LogP contribution in [0, 0.1) is 0 Å². The highest BCUT2D eigenvalue weighted by Crippen LogP contribution is 2.21. The Morgan fingerprint density at radius 2 is 2.25 bits per heavy atom. The van der Waals surface area contributed by atoms with Gasteiger partial charge in [-0.25, -0.2) is 4.79 Å². The van der Waals surface area contributed by atoms with E-state index in [-0.39, 0.29) is 24.5 Å². The molecule has 16 heavy (non-hydrogen) atoms. The molecule has 0 aromatic carbocycles. The minimum absolute atomic E-state index is 0.0171. The molecule has 0 saturated heterocycles. The van der Waals surface area contributed by atoms with Crippen molar-refractivity contribution in [3.05, 3.63) is 23.7 Å². The number of rotatable bonds is 5. The molecule has 0 fully saturated rings. The predicted octanol–water partition coefficient (Wildman–Crippen LogP) is -0.191. The van der Waals surface area contributed by atoms with Gasteiger partial charge >= 0.3 is 5.97 Å². The summed E-state index contributed by atoms with van der Waals surface area (Å²) in [6, 6.07) is 2.79. The summed E-state index contributed by atoms with van der Waals surface area (Å²) in [5.41, 5.74) is 5.24. The fourth-order valence-corrected chi connectivity index (χ4v) is 1.24. The number of aliphatic hydroxyl groups is 2. The van der Waals surface area contributed by atoms with Crippen LogP contribution in [0.3, 0.4) is 0 Å². The van der Waals surface area contributed by atoms with Crippen molar-refractivity contribution < 1.29 is 24.2 Å². The van der Waals surface area contributed by atoms with Crippen LogP contribution in [0.15, 0.2) is 16.5 Å². The first kappa shape index (κ1) is 12.7. The van der Waals surface area contributed by atoms with Crippen LogP contribution in [-0.4, -0.2) is 35.9 Å². The number of hydrogen-bond donors (Lipinski definition) is 3. The fourth-order valence-electron chi connectivity index (χ4n) is 1.24. The van der Waals surface area contributed by atoms with E-state index >= 15 is 0 Å². The third-order valence-corrected chi connectivity index (χ3v) is 2.13. The number of carbonyl (C=O) groups is 1. The molecule has 2 atom stereocenters. The van der Waals surface area contributed by atoms with Gasteiger partial charge in [-0.3, -0.25) is 0 Å². The van der Waals surface area contributed by atoms with Crippen LogP contribution < -0.4 is 5.73 Å². The van der Waals surface area contributed by atoms with E-state index in [2.05, 4.69) is 4.74 Å². The van der Waals surface area contributed by atoms with Crippen LogP contribution in [0.5, 0.6) is 0 Å². The van der Waals surface area contributed by atoms with E-state index in [1.165, 1.54) is 19.2 Å². The van der Waals surface area contributed by atoms with Gasteiger partial charge in [0.05, 0.1) is 13.2 Å². The summed E-state index contributed by atoms with van der Waals surface area (Å²) < 4.78 is 9.48. The molecule has 0 spiro atoms. The zero-order valence-electron chi connectivity index (χ0n) is 8.92. The molecule has 0 bridgehead atoms. The third-order valence-electron chi connectivity index (χ3n) is 2.13. The van der Waals surface area contributed by atoms with Crippen molar-refractivity contribution in [2.24, 2.45) is 5.73 Å². The second-order valence-electron chi connectivity index (χ2n) is 3.28. The first-order chi connectivity index (χ1) is 7.60. The molecule has 1 heterocycles. The molecule has 0 aliphatic heterocycles. The second-order valence-corrected chi connectivity index (χ2v) is 3.28. The van der Waals surface area contributed by atoms with E-state index in [0.29, 0.717) is 0 Å². The highest BCUT2D eigenvalue weighted by atomic mass is 16.5. The second kappa shape index (κ2) is 5.64. The molecule has 1 rings (SSSR count). The van der Waals surface area contributed by atoms with Crippen molar-refractivity contribution in [2.45, 2.75) is 18.6 Å². The van der Waals surface area contributed by atoms with E-state index in [0.717, 1.165) is 0 Å². The van der Waals surface area contributed by atoms with Gasteiger partial charge in [0.25, 0.3) is 0 Å². The van der Waals surface area contributed by atoms with Gasteiger partial charge in [0.15, 0.2) is 0 Å². The highest BCUT2D eigenvalue weighted by Gasteiger charge is 2.22. The van der Waals surface area contributed by atoms with Crippen molar-refractivity contribution in [3.63, 3.8) is 0 Å². The van der Waals surface area contributed by atoms with Gasteiger partial charge in [-0.2, -0.15) is 0 Å². The van der Waals surface area contributed by atoms with Crippen LogP contribution in [0.4, 0.5) is 0 Å². The molecule has 1 aromatic heterocycles. The molecule has 6 nitrogen and oxygen atoms in total. The number of hydrogen-bond acceptors (Lipinski definition) is 6. The number of methoxy groups -OCH3 is 1. The van der Waals surface area contributed by atoms with Crippen LogP contribution in [0.25, 0.3) is 0 Å². The van der Waals surface area contributed by atoms with Crippen LogP contribution in [0.2, 0.25) is 0 Å². The van der Waals surface area contributed by atoms with Gasteiger partial charge in [-0.1, -0.05) is 0 Å². The molecule has 0 radical (unpaired) electrons. The lowest BCUT2D eigenvalue weighted by molar-refractivity contribution is 0.00132. The van der Waals surface area contributed by atoms with E-state index < -0.39 is 18.2 Å². The van der Waals surface area contributed by atoms with Crippen molar-refractivity contribution in [3.8, 4) is 0 Å². The molecule has 0 amide bonds. The van der Waals surface area contributed by atoms with Crippen LogP contribution in [-0.2, 0) is 4.74 Å². The molecule has 0 aliphatic rings. The monoisotopic (exact) mass is 229 g/mol. The smallest absolute Gasteiger partial charge is 0.373 e. The first-order valence-electron chi connectivity index (χ1n) is 4.84. The predicted molar refractivity (Wildman–Crippen MR) is 54.7 cm³/mol. The van der Waals surface area contributed by atoms with E-state index in [1.807, 2.05) is 0 Å². The number of ether oxygens (including phenoxy) is 1. The SMILES string of the molecule is COC(=O)c1ccc(C(O)C(O)CCN)o1. The Morgan fingerprint density at radius 3 is 2.81 bits per heavy atom. The average Bonchev–Trinajstić information content (AvgIpc) is 2.76. The Bertz CT molecular complexity index is 349. The number of carbonyl (C=O) groups excluding carboxylic acids is 1.